The van der Waals surface area contributed by atoms with Crippen molar-refractivity contribution in [3.8, 4) is 33.4 Å². The molecule has 0 aliphatic heterocycles. The van der Waals surface area contributed by atoms with Gasteiger partial charge in [0.05, 0.1) is 29.2 Å². The Labute approximate surface area is 297 Å². The number of anilines is 3. The predicted molar refractivity (Wildman–Crippen MR) is 212 cm³/mol. The first-order valence-corrected chi connectivity index (χ1v) is 17.5. The molecule has 0 N–H and O–H groups in total. The van der Waals surface area contributed by atoms with E-state index in [0.717, 1.165) is 55.5 Å². The van der Waals surface area contributed by atoms with E-state index in [1.807, 2.05) is 12.4 Å². The van der Waals surface area contributed by atoms with E-state index >= 15 is 0 Å². The van der Waals surface area contributed by atoms with Crippen molar-refractivity contribution in [3.63, 3.8) is 0 Å². The molecule has 242 valence electrons. The van der Waals surface area contributed by atoms with Crippen molar-refractivity contribution in [2.45, 2.75) is 19.3 Å². The molecule has 0 saturated carbocycles. The number of hydrogen-bond donors (Lipinski definition) is 0. The molecule has 0 unspecified atom stereocenters. The van der Waals surface area contributed by atoms with Gasteiger partial charge in [-0.1, -0.05) is 135 Å². The van der Waals surface area contributed by atoms with E-state index < -0.39 is 0 Å². The summed E-state index contributed by atoms with van der Waals surface area (Å²) in [4.78, 5) is 7.21. The number of aromatic nitrogens is 1. The summed E-state index contributed by atoms with van der Waals surface area (Å²) in [7, 11) is 0. The highest BCUT2D eigenvalue weighted by Crippen LogP contribution is 2.54. The van der Waals surface area contributed by atoms with Crippen LogP contribution in [0.4, 0.5) is 17.1 Å². The molecule has 0 saturated heterocycles. The van der Waals surface area contributed by atoms with E-state index in [9.17, 15) is 0 Å². The van der Waals surface area contributed by atoms with Gasteiger partial charge in [0.25, 0.3) is 0 Å². The minimum atomic E-state index is -0.176. The molecule has 51 heavy (non-hydrogen) atoms. The zero-order valence-corrected chi connectivity index (χ0v) is 28.5. The summed E-state index contributed by atoms with van der Waals surface area (Å²) in [5.74, 6) is 0. The summed E-state index contributed by atoms with van der Waals surface area (Å²) in [5.41, 5.74) is 14.5. The number of pyridine rings is 1. The number of fused-ring (bicyclic) bond motifs is 7. The zero-order chi connectivity index (χ0) is 34.1. The van der Waals surface area contributed by atoms with Crippen LogP contribution in [0.2, 0.25) is 0 Å². The molecule has 0 fully saturated rings. The van der Waals surface area contributed by atoms with Gasteiger partial charge in [0, 0.05) is 22.1 Å². The summed E-state index contributed by atoms with van der Waals surface area (Å²) in [6.07, 6.45) is 3.85. The summed E-state index contributed by atoms with van der Waals surface area (Å²) < 4.78 is 6.58. The molecular formula is C48H34N2O. The summed E-state index contributed by atoms with van der Waals surface area (Å²) >= 11 is 0. The van der Waals surface area contributed by atoms with Crippen LogP contribution in [-0.4, -0.2) is 4.98 Å². The molecule has 0 radical (unpaired) electrons. The van der Waals surface area contributed by atoms with E-state index in [4.69, 9.17) is 9.40 Å². The molecule has 0 spiro atoms. The van der Waals surface area contributed by atoms with Gasteiger partial charge >= 0.3 is 0 Å². The van der Waals surface area contributed by atoms with Gasteiger partial charge in [-0.05, 0) is 86.1 Å². The fraction of sp³-hybridized carbons (Fsp3) is 0.0625. The topological polar surface area (TPSA) is 29.3 Å². The highest BCUT2D eigenvalue weighted by molar-refractivity contribution is 6.16. The van der Waals surface area contributed by atoms with Crippen LogP contribution in [0.1, 0.15) is 25.0 Å². The van der Waals surface area contributed by atoms with Crippen LogP contribution in [-0.2, 0) is 5.41 Å². The summed E-state index contributed by atoms with van der Waals surface area (Å²) in [5, 5.41) is 4.44. The molecule has 1 aliphatic rings. The Morgan fingerprint density at radius 3 is 1.90 bits per heavy atom. The van der Waals surface area contributed by atoms with Crippen molar-refractivity contribution in [2.75, 3.05) is 4.90 Å². The monoisotopic (exact) mass is 654 g/mol. The van der Waals surface area contributed by atoms with Crippen LogP contribution < -0.4 is 4.90 Å². The SMILES string of the molecule is CC1(C)c2ccccc2-c2cc(-c3ccccc3)c(N(c3ccc(-c4ccccc4)cc3)c3cncc4oc5cc6ccccc6cc5c34)cc21. The van der Waals surface area contributed by atoms with Crippen molar-refractivity contribution in [3.05, 3.63) is 181 Å². The lowest BCUT2D eigenvalue weighted by atomic mass is 9.81. The standard InChI is InChI=1S/C48H34N2O/c1-48(2)41-20-12-11-19-37(41)39-27-38(33-15-7-4-8-16-33)43(28-42(39)48)50(36-23-21-32(22-24-36)31-13-5-3-6-14-31)44-29-49-30-46-47(44)40-25-34-17-9-10-18-35(34)26-45(40)51-46/h3-30H,1-2H3. The van der Waals surface area contributed by atoms with Gasteiger partial charge in [-0.25, -0.2) is 0 Å². The molecule has 10 rings (SSSR count). The number of nitrogens with zero attached hydrogens (tertiary/aromatic N) is 2. The van der Waals surface area contributed by atoms with Gasteiger partial charge in [0.2, 0.25) is 0 Å². The molecular weight excluding hydrogens is 621 g/mol. The van der Waals surface area contributed by atoms with Crippen molar-refractivity contribution in [1.29, 1.82) is 0 Å². The molecule has 1 aliphatic carbocycles. The van der Waals surface area contributed by atoms with Crippen LogP contribution in [0, 0.1) is 0 Å². The lowest BCUT2D eigenvalue weighted by Gasteiger charge is -2.30. The van der Waals surface area contributed by atoms with Gasteiger partial charge in [-0.2, -0.15) is 0 Å². The fourth-order valence-corrected chi connectivity index (χ4v) is 8.18. The van der Waals surface area contributed by atoms with E-state index in [-0.39, 0.29) is 5.41 Å². The maximum Gasteiger partial charge on any atom is 0.155 e. The van der Waals surface area contributed by atoms with Crippen molar-refractivity contribution < 1.29 is 4.42 Å². The summed E-state index contributed by atoms with van der Waals surface area (Å²) in [6.45, 7) is 4.69. The second-order valence-corrected chi connectivity index (χ2v) is 14.0. The average molecular weight is 655 g/mol. The first-order valence-electron chi connectivity index (χ1n) is 17.5. The largest absolute Gasteiger partial charge is 0.454 e. The Morgan fingerprint density at radius 1 is 0.490 bits per heavy atom. The normalized spacial score (nSPS) is 13.1. The third kappa shape index (κ3) is 4.62. The Kier molecular flexibility index (Phi) is 6.53. The number of furan rings is 1. The minimum absolute atomic E-state index is 0.176. The van der Waals surface area contributed by atoms with E-state index in [0.29, 0.717) is 0 Å². The summed E-state index contributed by atoms with van der Waals surface area (Å²) in [6, 6.07) is 56.8. The Hall–Kier alpha value is -6.45. The quantitative estimate of drug-likeness (QED) is 0.185. The van der Waals surface area contributed by atoms with Crippen LogP contribution in [0.3, 0.4) is 0 Å². The average Bonchev–Trinajstić information content (AvgIpc) is 3.66. The number of benzene rings is 7. The van der Waals surface area contributed by atoms with Crippen LogP contribution in [0.5, 0.6) is 0 Å². The van der Waals surface area contributed by atoms with Crippen LogP contribution in [0.15, 0.2) is 175 Å². The Bertz CT molecular complexity index is 2760. The van der Waals surface area contributed by atoms with Crippen LogP contribution in [0.25, 0.3) is 66.1 Å². The third-order valence-electron chi connectivity index (χ3n) is 10.7. The van der Waals surface area contributed by atoms with Gasteiger partial charge in [-0.3, -0.25) is 4.98 Å². The maximum atomic E-state index is 6.58. The van der Waals surface area contributed by atoms with Crippen molar-refractivity contribution in [2.24, 2.45) is 0 Å². The van der Waals surface area contributed by atoms with E-state index in [2.05, 4.69) is 176 Å². The van der Waals surface area contributed by atoms with E-state index in [1.165, 1.54) is 38.8 Å². The number of rotatable bonds is 5. The molecule has 2 aromatic heterocycles. The minimum Gasteiger partial charge on any atom is -0.454 e. The Balaban J connectivity index is 1.29. The van der Waals surface area contributed by atoms with Gasteiger partial charge in [-0.15, -0.1) is 0 Å². The van der Waals surface area contributed by atoms with Crippen molar-refractivity contribution >= 4 is 49.8 Å². The highest BCUT2D eigenvalue weighted by Gasteiger charge is 2.37. The molecule has 0 amide bonds. The second-order valence-electron chi connectivity index (χ2n) is 14.0. The first-order chi connectivity index (χ1) is 25.0. The highest BCUT2D eigenvalue weighted by atomic mass is 16.3. The second kappa shape index (κ2) is 11.3. The fourth-order valence-electron chi connectivity index (χ4n) is 8.18. The predicted octanol–water partition coefficient (Wildman–Crippen LogP) is 13.2. The first kappa shape index (κ1) is 29.5. The van der Waals surface area contributed by atoms with Crippen LogP contribution >= 0.6 is 0 Å². The molecule has 9 aromatic rings. The lowest BCUT2D eigenvalue weighted by Crippen LogP contribution is -2.17. The van der Waals surface area contributed by atoms with Gasteiger partial charge in [0.15, 0.2) is 5.58 Å². The van der Waals surface area contributed by atoms with Gasteiger partial charge in [0.1, 0.15) is 5.58 Å². The third-order valence-corrected chi connectivity index (χ3v) is 10.7. The maximum absolute atomic E-state index is 6.58. The van der Waals surface area contributed by atoms with Crippen molar-refractivity contribution in [1.82, 2.24) is 4.98 Å². The molecule has 2 heterocycles. The molecule has 7 aromatic carbocycles. The molecule has 0 bridgehead atoms. The van der Waals surface area contributed by atoms with E-state index in [1.54, 1.807) is 0 Å². The number of hydrogen-bond acceptors (Lipinski definition) is 3. The lowest BCUT2D eigenvalue weighted by molar-refractivity contribution is 0.660. The molecule has 0 atom stereocenters. The molecule has 3 heteroatoms. The Morgan fingerprint density at radius 2 is 1.14 bits per heavy atom. The van der Waals surface area contributed by atoms with Gasteiger partial charge < -0.3 is 9.32 Å². The smallest absolute Gasteiger partial charge is 0.155 e. The zero-order valence-electron chi connectivity index (χ0n) is 28.5. The molecule has 3 nitrogen and oxygen atoms in total.